The first-order valence-corrected chi connectivity index (χ1v) is 6.41. The Labute approximate surface area is 111 Å². The molecule has 0 aliphatic rings. The van der Waals surface area contributed by atoms with Crippen molar-refractivity contribution in [2.24, 2.45) is 0 Å². The molecule has 0 radical (unpaired) electrons. The Morgan fingerprint density at radius 3 is 2.63 bits per heavy atom. The van der Waals surface area contributed by atoms with Crippen molar-refractivity contribution < 1.29 is 14.3 Å². The number of nitrogens with one attached hydrogen (secondary N) is 1. The topological polar surface area (TPSA) is 59.2 Å². The van der Waals surface area contributed by atoms with Crippen LogP contribution in [0.25, 0.3) is 10.9 Å². The molecule has 19 heavy (non-hydrogen) atoms. The molecule has 0 atom stereocenters. The number of aromatic amines is 1. The van der Waals surface area contributed by atoms with Gasteiger partial charge in [-0.2, -0.15) is 0 Å². The van der Waals surface area contributed by atoms with Gasteiger partial charge in [-0.1, -0.05) is 18.6 Å². The van der Waals surface area contributed by atoms with E-state index in [0.717, 1.165) is 16.5 Å². The molecule has 0 saturated heterocycles. The number of fused-ring (bicyclic) bond motifs is 1. The van der Waals surface area contributed by atoms with Crippen LogP contribution in [0.4, 0.5) is 0 Å². The van der Waals surface area contributed by atoms with Gasteiger partial charge in [-0.25, -0.2) is 4.79 Å². The smallest absolute Gasteiger partial charge is 0.355 e. The van der Waals surface area contributed by atoms with Crippen LogP contribution in [0.5, 0.6) is 0 Å². The summed E-state index contributed by atoms with van der Waals surface area (Å²) in [6, 6.07) is 5.73. The average Bonchev–Trinajstić information content (AvgIpc) is 2.76. The first-order chi connectivity index (χ1) is 9.08. The molecule has 0 spiro atoms. The highest BCUT2D eigenvalue weighted by Gasteiger charge is 2.22. The zero-order chi connectivity index (χ0) is 14.0. The summed E-state index contributed by atoms with van der Waals surface area (Å²) in [4.78, 5) is 27.0. The fourth-order valence-corrected chi connectivity index (χ4v) is 2.13. The van der Waals surface area contributed by atoms with Crippen molar-refractivity contribution in [3.05, 3.63) is 35.0 Å². The number of carbonyl (C=O) groups is 2. The van der Waals surface area contributed by atoms with E-state index in [0.29, 0.717) is 12.0 Å². The van der Waals surface area contributed by atoms with Crippen LogP contribution in [-0.2, 0) is 4.74 Å². The quantitative estimate of drug-likeness (QED) is 0.677. The predicted octanol–water partition coefficient (Wildman–Crippen LogP) is 3.25. The minimum Gasteiger partial charge on any atom is -0.461 e. The minimum atomic E-state index is -0.479. The molecule has 1 aromatic heterocycles. The number of aromatic nitrogens is 1. The van der Waals surface area contributed by atoms with Crippen molar-refractivity contribution in [1.82, 2.24) is 4.98 Å². The number of ketones is 1. The van der Waals surface area contributed by atoms with Crippen LogP contribution < -0.4 is 0 Å². The Morgan fingerprint density at radius 1 is 1.26 bits per heavy atom. The molecule has 0 fully saturated rings. The van der Waals surface area contributed by atoms with E-state index in [9.17, 15) is 9.59 Å². The SMILES string of the molecule is CCOC(=O)c1[nH]c2ccc(C)cc2c1C(=O)CC. The Balaban J connectivity index is 2.68. The van der Waals surface area contributed by atoms with Crippen LogP contribution in [0.3, 0.4) is 0 Å². The number of rotatable bonds is 4. The molecular formula is C15H17NO3. The molecule has 100 valence electrons. The Bertz CT molecular complexity index is 640. The molecule has 0 unspecified atom stereocenters. The summed E-state index contributed by atoms with van der Waals surface area (Å²) < 4.78 is 5.00. The summed E-state index contributed by atoms with van der Waals surface area (Å²) in [7, 11) is 0. The van der Waals surface area contributed by atoms with E-state index in [1.807, 2.05) is 25.1 Å². The second-order valence-corrected chi connectivity index (χ2v) is 4.42. The summed E-state index contributed by atoms with van der Waals surface area (Å²) in [6.45, 7) is 5.77. The zero-order valence-electron chi connectivity index (χ0n) is 11.4. The number of esters is 1. The van der Waals surface area contributed by atoms with E-state index >= 15 is 0 Å². The monoisotopic (exact) mass is 259 g/mol. The summed E-state index contributed by atoms with van der Waals surface area (Å²) in [5.74, 6) is -0.534. The third kappa shape index (κ3) is 2.38. The molecular weight excluding hydrogens is 242 g/mol. The summed E-state index contributed by atoms with van der Waals surface area (Å²) in [6.07, 6.45) is 0.354. The van der Waals surface area contributed by atoms with E-state index in [-0.39, 0.29) is 18.1 Å². The van der Waals surface area contributed by atoms with Gasteiger partial charge < -0.3 is 9.72 Å². The van der Waals surface area contributed by atoms with Gasteiger partial charge in [0.05, 0.1) is 12.2 Å². The van der Waals surface area contributed by atoms with Crippen molar-refractivity contribution in [1.29, 1.82) is 0 Å². The van der Waals surface area contributed by atoms with Crippen LogP contribution in [0, 0.1) is 6.92 Å². The van der Waals surface area contributed by atoms with Gasteiger partial charge in [0.1, 0.15) is 5.69 Å². The predicted molar refractivity (Wildman–Crippen MR) is 73.6 cm³/mol. The van der Waals surface area contributed by atoms with E-state index in [1.165, 1.54) is 0 Å². The number of hydrogen-bond acceptors (Lipinski definition) is 3. The van der Waals surface area contributed by atoms with Gasteiger partial charge in [-0.3, -0.25) is 4.79 Å². The fraction of sp³-hybridized carbons (Fsp3) is 0.333. The molecule has 0 saturated carbocycles. The molecule has 0 aliphatic carbocycles. The second kappa shape index (κ2) is 5.26. The maximum atomic E-state index is 12.1. The summed E-state index contributed by atoms with van der Waals surface area (Å²) >= 11 is 0. The number of H-pyrrole nitrogens is 1. The molecule has 0 amide bonds. The molecule has 0 bridgehead atoms. The minimum absolute atomic E-state index is 0.0556. The van der Waals surface area contributed by atoms with E-state index < -0.39 is 5.97 Å². The van der Waals surface area contributed by atoms with Gasteiger partial charge in [0.25, 0.3) is 0 Å². The highest BCUT2D eigenvalue weighted by Crippen LogP contribution is 2.25. The molecule has 1 heterocycles. The Hall–Kier alpha value is -2.10. The van der Waals surface area contributed by atoms with E-state index in [1.54, 1.807) is 13.8 Å². The van der Waals surface area contributed by atoms with Crippen molar-refractivity contribution in [2.75, 3.05) is 6.61 Å². The molecule has 1 aromatic carbocycles. The molecule has 2 rings (SSSR count). The zero-order valence-corrected chi connectivity index (χ0v) is 11.4. The maximum absolute atomic E-state index is 12.1. The van der Waals surface area contributed by atoms with Crippen molar-refractivity contribution in [3.8, 4) is 0 Å². The van der Waals surface area contributed by atoms with Crippen molar-refractivity contribution in [2.45, 2.75) is 27.2 Å². The van der Waals surface area contributed by atoms with Crippen LogP contribution in [0.1, 0.15) is 46.7 Å². The number of carbonyl (C=O) groups excluding carboxylic acids is 2. The number of benzene rings is 1. The van der Waals surface area contributed by atoms with Crippen molar-refractivity contribution >= 4 is 22.7 Å². The number of ether oxygens (including phenoxy) is 1. The first kappa shape index (κ1) is 13.3. The van der Waals surface area contributed by atoms with Gasteiger partial charge in [0, 0.05) is 17.3 Å². The molecule has 0 aliphatic heterocycles. The normalized spacial score (nSPS) is 10.7. The summed E-state index contributed by atoms with van der Waals surface area (Å²) in [5, 5.41) is 0.787. The van der Waals surface area contributed by atoms with Gasteiger partial charge in [0.15, 0.2) is 5.78 Å². The van der Waals surface area contributed by atoms with Gasteiger partial charge in [0.2, 0.25) is 0 Å². The molecule has 2 aromatic rings. The number of hydrogen-bond donors (Lipinski definition) is 1. The van der Waals surface area contributed by atoms with E-state index in [2.05, 4.69) is 4.98 Å². The third-order valence-corrected chi connectivity index (χ3v) is 3.03. The fourth-order valence-electron chi connectivity index (χ4n) is 2.13. The largest absolute Gasteiger partial charge is 0.461 e. The Kier molecular flexibility index (Phi) is 3.69. The summed E-state index contributed by atoms with van der Waals surface area (Å²) in [5.41, 5.74) is 2.53. The standard InChI is InChI=1S/C15H17NO3/c1-4-12(17)13-10-8-9(3)6-7-11(10)16-14(13)15(18)19-5-2/h6-8,16H,4-5H2,1-3H3. The molecule has 1 N–H and O–H groups in total. The lowest BCUT2D eigenvalue weighted by atomic mass is 10.0. The van der Waals surface area contributed by atoms with Crippen LogP contribution in [0.2, 0.25) is 0 Å². The van der Waals surface area contributed by atoms with Gasteiger partial charge >= 0.3 is 5.97 Å². The van der Waals surface area contributed by atoms with Gasteiger partial charge in [-0.05, 0) is 26.0 Å². The maximum Gasteiger partial charge on any atom is 0.355 e. The van der Waals surface area contributed by atoms with Crippen LogP contribution in [-0.4, -0.2) is 23.3 Å². The highest BCUT2D eigenvalue weighted by molar-refractivity contribution is 6.15. The van der Waals surface area contributed by atoms with Gasteiger partial charge in [-0.15, -0.1) is 0 Å². The Morgan fingerprint density at radius 2 is 2.00 bits per heavy atom. The molecule has 4 heteroatoms. The number of Topliss-reactive ketones (excluding diaryl/α,β-unsaturated/α-hetero) is 1. The highest BCUT2D eigenvalue weighted by atomic mass is 16.5. The van der Waals surface area contributed by atoms with Crippen molar-refractivity contribution in [3.63, 3.8) is 0 Å². The lowest BCUT2D eigenvalue weighted by molar-refractivity contribution is 0.0517. The second-order valence-electron chi connectivity index (χ2n) is 4.42. The third-order valence-electron chi connectivity index (χ3n) is 3.03. The lowest BCUT2D eigenvalue weighted by Gasteiger charge is -2.02. The first-order valence-electron chi connectivity index (χ1n) is 6.41. The molecule has 4 nitrogen and oxygen atoms in total. The van der Waals surface area contributed by atoms with Crippen LogP contribution >= 0.6 is 0 Å². The average molecular weight is 259 g/mol. The van der Waals surface area contributed by atoms with Crippen LogP contribution in [0.15, 0.2) is 18.2 Å². The number of aryl methyl sites for hydroxylation is 1. The van der Waals surface area contributed by atoms with E-state index in [4.69, 9.17) is 4.74 Å². The lowest BCUT2D eigenvalue weighted by Crippen LogP contribution is -2.10.